The summed E-state index contributed by atoms with van der Waals surface area (Å²) in [7, 11) is 0. The van der Waals surface area contributed by atoms with Gasteiger partial charge in [-0.15, -0.1) is 0 Å². The van der Waals surface area contributed by atoms with Crippen LogP contribution >= 0.6 is 0 Å². The molecule has 1 rings (SSSR count). The fourth-order valence-electron chi connectivity index (χ4n) is 2.41. The Morgan fingerprint density at radius 3 is 2.71 bits per heavy atom. The molecule has 0 heterocycles. The molecule has 2 unspecified atom stereocenters. The Balaban J connectivity index is 2.50. The Labute approximate surface area is 85.7 Å². The maximum atomic E-state index is 11.2. The lowest BCUT2D eigenvalue weighted by molar-refractivity contribution is -0.149. The maximum absolute atomic E-state index is 11.2. The second-order valence-electron chi connectivity index (χ2n) is 4.55. The van der Waals surface area contributed by atoms with Gasteiger partial charge >= 0.3 is 5.97 Å². The van der Waals surface area contributed by atoms with Crippen LogP contribution in [0.3, 0.4) is 0 Å². The van der Waals surface area contributed by atoms with E-state index in [-0.39, 0.29) is 6.04 Å². The third-order valence-corrected chi connectivity index (χ3v) is 3.36. The highest BCUT2D eigenvalue weighted by Crippen LogP contribution is 2.42. The van der Waals surface area contributed by atoms with E-state index in [1.165, 1.54) is 0 Å². The second-order valence-corrected chi connectivity index (χ2v) is 4.55. The van der Waals surface area contributed by atoms with Crippen LogP contribution in [0, 0.1) is 5.41 Å². The number of hydrogen-bond donors (Lipinski definition) is 2. The molecule has 2 atom stereocenters. The molecule has 0 aromatic carbocycles. The molecule has 0 amide bonds. The molecule has 0 radical (unpaired) electrons. The van der Waals surface area contributed by atoms with Crippen molar-refractivity contribution in [2.45, 2.75) is 57.9 Å². The summed E-state index contributed by atoms with van der Waals surface area (Å²) in [5.74, 6) is -0.637. The van der Waals surface area contributed by atoms with Crippen LogP contribution in [-0.4, -0.2) is 17.1 Å². The summed E-state index contributed by atoms with van der Waals surface area (Å²) < 4.78 is 0. The van der Waals surface area contributed by atoms with Crippen molar-refractivity contribution in [1.82, 2.24) is 0 Å². The molecule has 0 bridgehead atoms. The predicted molar refractivity (Wildman–Crippen MR) is 56.0 cm³/mol. The van der Waals surface area contributed by atoms with Gasteiger partial charge < -0.3 is 10.8 Å². The van der Waals surface area contributed by atoms with Crippen molar-refractivity contribution in [1.29, 1.82) is 0 Å². The van der Waals surface area contributed by atoms with E-state index in [4.69, 9.17) is 5.73 Å². The quantitative estimate of drug-likeness (QED) is 0.667. The van der Waals surface area contributed by atoms with Crippen LogP contribution in [0.4, 0.5) is 0 Å². The van der Waals surface area contributed by atoms with E-state index in [0.717, 1.165) is 38.5 Å². The smallest absolute Gasteiger partial charge is 0.309 e. The molecule has 1 aliphatic carbocycles. The standard InChI is InChI=1S/C11H21NO2/c1-2-3-4-6-11(10(13)14)7-5-9(12)8-11/h9H,2-8,12H2,1H3,(H,13,14). The number of unbranched alkanes of at least 4 members (excludes halogenated alkanes) is 2. The largest absolute Gasteiger partial charge is 0.481 e. The number of carboxylic acid groups (broad SMARTS) is 1. The molecule has 0 aliphatic heterocycles. The van der Waals surface area contributed by atoms with Gasteiger partial charge in [-0.2, -0.15) is 0 Å². The van der Waals surface area contributed by atoms with Gasteiger partial charge in [0.15, 0.2) is 0 Å². The molecule has 0 aromatic rings. The van der Waals surface area contributed by atoms with Gasteiger partial charge in [-0.05, 0) is 25.7 Å². The molecule has 82 valence electrons. The molecule has 0 saturated heterocycles. The number of rotatable bonds is 5. The summed E-state index contributed by atoms with van der Waals surface area (Å²) in [6.45, 7) is 2.13. The zero-order chi connectivity index (χ0) is 10.6. The Hall–Kier alpha value is -0.570. The molecule has 1 fully saturated rings. The van der Waals surface area contributed by atoms with Gasteiger partial charge in [0.2, 0.25) is 0 Å². The van der Waals surface area contributed by atoms with E-state index >= 15 is 0 Å². The SMILES string of the molecule is CCCCCC1(C(=O)O)CCC(N)C1. The normalized spacial score (nSPS) is 32.0. The minimum atomic E-state index is -0.637. The molecule has 3 N–H and O–H groups in total. The molecule has 3 nitrogen and oxygen atoms in total. The van der Waals surface area contributed by atoms with Crippen molar-refractivity contribution in [3.05, 3.63) is 0 Å². The predicted octanol–water partition coefficient (Wildman–Crippen LogP) is 2.15. The van der Waals surface area contributed by atoms with E-state index < -0.39 is 11.4 Å². The number of hydrogen-bond acceptors (Lipinski definition) is 2. The van der Waals surface area contributed by atoms with E-state index in [1.807, 2.05) is 0 Å². The summed E-state index contributed by atoms with van der Waals surface area (Å²) in [4.78, 5) is 11.2. The Morgan fingerprint density at radius 1 is 1.57 bits per heavy atom. The lowest BCUT2D eigenvalue weighted by atomic mass is 9.81. The number of carboxylic acids is 1. The lowest BCUT2D eigenvalue weighted by Crippen LogP contribution is -2.30. The van der Waals surface area contributed by atoms with Gasteiger partial charge in [0, 0.05) is 6.04 Å². The number of carbonyl (C=O) groups is 1. The van der Waals surface area contributed by atoms with Gasteiger partial charge in [0.05, 0.1) is 5.41 Å². The minimum Gasteiger partial charge on any atom is -0.481 e. The zero-order valence-electron chi connectivity index (χ0n) is 8.96. The second kappa shape index (κ2) is 4.78. The third-order valence-electron chi connectivity index (χ3n) is 3.36. The maximum Gasteiger partial charge on any atom is 0.309 e. The molecule has 0 aromatic heterocycles. The molecule has 14 heavy (non-hydrogen) atoms. The summed E-state index contributed by atoms with van der Waals surface area (Å²) >= 11 is 0. The van der Waals surface area contributed by atoms with Crippen LogP contribution < -0.4 is 5.73 Å². The van der Waals surface area contributed by atoms with E-state index in [1.54, 1.807) is 0 Å². The first-order valence-electron chi connectivity index (χ1n) is 5.60. The molecule has 0 spiro atoms. The third kappa shape index (κ3) is 2.47. The number of aliphatic carboxylic acids is 1. The van der Waals surface area contributed by atoms with Crippen LogP contribution in [-0.2, 0) is 4.79 Å². The van der Waals surface area contributed by atoms with Crippen molar-refractivity contribution < 1.29 is 9.90 Å². The van der Waals surface area contributed by atoms with Crippen molar-refractivity contribution in [3.63, 3.8) is 0 Å². The van der Waals surface area contributed by atoms with E-state index in [0.29, 0.717) is 6.42 Å². The summed E-state index contributed by atoms with van der Waals surface area (Å²) in [6, 6.07) is 0.104. The van der Waals surface area contributed by atoms with Gasteiger partial charge in [0.1, 0.15) is 0 Å². The monoisotopic (exact) mass is 199 g/mol. The molecule has 3 heteroatoms. The summed E-state index contributed by atoms with van der Waals surface area (Å²) in [6.07, 6.45) is 6.42. The topological polar surface area (TPSA) is 63.3 Å². The number of nitrogens with two attached hydrogens (primary N) is 1. The highest BCUT2D eigenvalue weighted by Gasteiger charge is 2.43. The highest BCUT2D eigenvalue weighted by atomic mass is 16.4. The molecule has 1 aliphatic rings. The fraction of sp³-hybridized carbons (Fsp3) is 0.909. The van der Waals surface area contributed by atoms with E-state index in [9.17, 15) is 9.90 Å². The van der Waals surface area contributed by atoms with Crippen LogP contribution in [0.25, 0.3) is 0 Å². The summed E-state index contributed by atoms with van der Waals surface area (Å²) in [5, 5.41) is 9.23. The van der Waals surface area contributed by atoms with Crippen molar-refractivity contribution in [2.24, 2.45) is 11.1 Å². The van der Waals surface area contributed by atoms with Crippen LogP contribution in [0.15, 0.2) is 0 Å². The molecule has 1 saturated carbocycles. The first-order valence-corrected chi connectivity index (χ1v) is 5.60. The Bertz CT molecular complexity index is 205. The van der Waals surface area contributed by atoms with Crippen molar-refractivity contribution >= 4 is 5.97 Å². The van der Waals surface area contributed by atoms with Crippen LogP contribution in [0.5, 0.6) is 0 Å². The molecular formula is C11H21NO2. The Morgan fingerprint density at radius 2 is 2.29 bits per heavy atom. The lowest BCUT2D eigenvalue weighted by Gasteiger charge is -2.23. The minimum absolute atomic E-state index is 0.104. The highest BCUT2D eigenvalue weighted by molar-refractivity contribution is 5.75. The van der Waals surface area contributed by atoms with Gasteiger partial charge in [-0.3, -0.25) is 4.79 Å². The van der Waals surface area contributed by atoms with E-state index in [2.05, 4.69) is 6.92 Å². The van der Waals surface area contributed by atoms with Crippen LogP contribution in [0.1, 0.15) is 51.9 Å². The fourth-order valence-corrected chi connectivity index (χ4v) is 2.41. The summed E-state index contributed by atoms with van der Waals surface area (Å²) in [5.41, 5.74) is 5.30. The first kappa shape index (κ1) is 11.5. The van der Waals surface area contributed by atoms with Crippen LogP contribution in [0.2, 0.25) is 0 Å². The molecular weight excluding hydrogens is 178 g/mol. The van der Waals surface area contributed by atoms with Gasteiger partial charge in [0.25, 0.3) is 0 Å². The average Bonchev–Trinajstić information content (AvgIpc) is 2.49. The first-order chi connectivity index (χ1) is 6.60. The van der Waals surface area contributed by atoms with Gasteiger partial charge in [-0.25, -0.2) is 0 Å². The van der Waals surface area contributed by atoms with Crippen molar-refractivity contribution in [3.8, 4) is 0 Å². The van der Waals surface area contributed by atoms with Gasteiger partial charge in [-0.1, -0.05) is 26.2 Å². The zero-order valence-corrected chi connectivity index (χ0v) is 8.96. The average molecular weight is 199 g/mol. The van der Waals surface area contributed by atoms with Crippen molar-refractivity contribution in [2.75, 3.05) is 0 Å². The Kier molecular flexibility index (Phi) is 3.93.